The second-order valence-corrected chi connectivity index (χ2v) is 7.81. The molecule has 0 radical (unpaired) electrons. The number of halogens is 1. The van der Waals surface area contributed by atoms with Crippen LogP contribution in [0.25, 0.3) is 0 Å². The lowest BCUT2D eigenvalue weighted by molar-refractivity contribution is 0.0698. The van der Waals surface area contributed by atoms with E-state index in [0.717, 1.165) is 31.9 Å². The number of nitrogens with one attached hydrogen (secondary N) is 1. The summed E-state index contributed by atoms with van der Waals surface area (Å²) in [6, 6.07) is 18.5. The zero-order valence-corrected chi connectivity index (χ0v) is 17.7. The van der Waals surface area contributed by atoms with Gasteiger partial charge in [-0.05, 0) is 67.1 Å². The number of carbonyl (C=O) groups is 2. The van der Waals surface area contributed by atoms with E-state index >= 15 is 0 Å². The molecule has 32 heavy (non-hydrogen) atoms. The van der Waals surface area contributed by atoms with Gasteiger partial charge in [0.05, 0.1) is 11.3 Å². The van der Waals surface area contributed by atoms with Crippen molar-refractivity contribution in [3.63, 3.8) is 0 Å². The number of benzene rings is 3. The zero-order chi connectivity index (χ0) is 22.7. The Morgan fingerprint density at radius 3 is 2.09 bits per heavy atom. The Balaban J connectivity index is 1.48. The highest BCUT2D eigenvalue weighted by Crippen LogP contribution is 2.26. The molecule has 1 fully saturated rings. The maximum absolute atomic E-state index is 13.1. The summed E-state index contributed by atoms with van der Waals surface area (Å²) in [6.45, 7) is 5.25. The van der Waals surface area contributed by atoms with E-state index in [1.165, 1.54) is 35.5 Å². The van der Waals surface area contributed by atoms with Crippen molar-refractivity contribution in [2.24, 2.45) is 0 Å². The summed E-state index contributed by atoms with van der Waals surface area (Å²) in [5.41, 5.74) is 3.67. The van der Waals surface area contributed by atoms with Gasteiger partial charge in [0.15, 0.2) is 0 Å². The van der Waals surface area contributed by atoms with Crippen LogP contribution in [0.3, 0.4) is 0 Å². The Morgan fingerprint density at radius 1 is 0.875 bits per heavy atom. The summed E-state index contributed by atoms with van der Waals surface area (Å²) in [5.74, 6) is -2.06. The third-order valence-electron chi connectivity index (χ3n) is 5.60. The highest BCUT2D eigenvalue weighted by Gasteiger charge is 2.21. The Bertz CT molecular complexity index is 1140. The molecular formula is C25H24FN3O3. The molecule has 2 N–H and O–H groups in total. The van der Waals surface area contributed by atoms with Crippen molar-refractivity contribution < 1.29 is 19.1 Å². The van der Waals surface area contributed by atoms with Crippen molar-refractivity contribution in [3.8, 4) is 0 Å². The first-order chi connectivity index (χ1) is 15.4. The second kappa shape index (κ2) is 9.09. The number of rotatable bonds is 5. The van der Waals surface area contributed by atoms with Crippen molar-refractivity contribution in [2.45, 2.75) is 6.92 Å². The van der Waals surface area contributed by atoms with Gasteiger partial charge in [-0.2, -0.15) is 0 Å². The van der Waals surface area contributed by atoms with E-state index in [-0.39, 0.29) is 16.8 Å². The first kappa shape index (κ1) is 21.4. The number of aryl methyl sites for hydroxylation is 1. The van der Waals surface area contributed by atoms with Crippen LogP contribution in [0, 0.1) is 12.7 Å². The number of hydrogen-bond donors (Lipinski definition) is 2. The molecule has 3 aromatic rings. The molecule has 1 saturated heterocycles. The lowest BCUT2D eigenvalue weighted by Gasteiger charge is -2.37. The minimum atomic E-state index is -1.13. The van der Waals surface area contributed by atoms with Gasteiger partial charge in [0.1, 0.15) is 5.82 Å². The number of hydrogen-bond acceptors (Lipinski definition) is 4. The van der Waals surface area contributed by atoms with Gasteiger partial charge < -0.3 is 20.2 Å². The average molecular weight is 433 g/mol. The molecule has 0 unspecified atom stereocenters. The van der Waals surface area contributed by atoms with Crippen LogP contribution in [-0.4, -0.2) is 43.2 Å². The summed E-state index contributed by atoms with van der Waals surface area (Å²) in [4.78, 5) is 28.8. The van der Waals surface area contributed by atoms with E-state index in [9.17, 15) is 19.1 Å². The van der Waals surface area contributed by atoms with Crippen LogP contribution in [-0.2, 0) is 0 Å². The highest BCUT2D eigenvalue weighted by atomic mass is 19.1. The van der Waals surface area contributed by atoms with Crippen LogP contribution in [0.2, 0.25) is 0 Å². The van der Waals surface area contributed by atoms with Gasteiger partial charge in [-0.1, -0.05) is 12.1 Å². The van der Waals surface area contributed by atoms with E-state index < -0.39 is 17.7 Å². The molecule has 0 aromatic heterocycles. The molecule has 3 aromatic carbocycles. The number of anilines is 3. The molecule has 0 saturated carbocycles. The van der Waals surface area contributed by atoms with Gasteiger partial charge >= 0.3 is 5.97 Å². The normalized spacial score (nSPS) is 13.7. The van der Waals surface area contributed by atoms with Gasteiger partial charge in [0, 0.05) is 43.1 Å². The molecule has 1 aliphatic rings. The maximum Gasteiger partial charge on any atom is 0.337 e. The van der Waals surface area contributed by atoms with E-state index in [4.69, 9.17) is 0 Å². The van der Waals surface area contributed by atoms with Crippen molar-refractivity contribution in [1.82, 2.24) is 0 Å². The molecule has 0 bridgehead atoms. The number of carbonyl (C=O) groups excluding carboxylic acids is 1. The Kier molecular flexibility index (Phi) is 6.07. The average Bonchev–Trinajstić information content (AvgIpc) is 2.80. The summed E-state index contributed by atoms with van der Waals surface area (Å²) in [6.07, 6.45) is 0. The van der Waals surface area contributed by atoms with Crippen LogP contribution < -0.4 is 15.1 Å². The third-order valence-corrected chi connectivity index (χ3v) is 5.60. The minimum Gasteiger partial charge on any atom is -0.478 e. The Morgan fingerprint density at radius 2 is 1.50 bits per heavy atom. The molecule has 0 aliphatic carbocycles. The lowest BCUT2D eigenvalue weighted by atomic mass is 10.1. The molecule has 6 nitrogen and oxygen atoms in total. The molecule has 4 rings (SSSR count). The molecular weight excluding hydrogens is 409 g/mol. The largest absolute Gasteiger partial charge is 0.478 e. The van der Waals surface area contributed by atoms with Crippen molar-refractivity contribution in [3.05, 3.63) is 89.2 Å². The first-order valence-electron chi connectivity index (χ1n) is 10.4. The van der Waals surface area contributed by atoms with Gasteiger partial charge in [-0.25, -0.2) is 9.18 Å². The molecule has 1 amide bonds. The summed E-state index contributed by atoms with van der Waals surface area (Å²) in [5, 5.41) is 12.3. The van der Waals surface area contributed by atoms with Crippen LogP contribution in [0.1, 0.15) is 26.3 Å². The standard InChI is InChI=1S/C25H24FN3O3/c1-17-3-2-4-20(15-17)28-11-13-29(14-12-28)21-9-10-23(22(16-21)25(31)32)27-24(30)18-5-7-19(26)8-6-18/h2-10,15-16H,11-14H2,1H3,(H,27,30)(H,31,32). The number of piperazine rings is 1. The SMILES string of the molecule is Cc1cccc(N2CCN(c3ccc(NC(=O)c4ccc(F)cc4)c(C(=O)O)c3)CC2)c1. The lowest BCUT2D eigenvalue weighted by Crippen LogP contribution is -2.46. The number of nitrogens with zero attached hydrogens (tertiary/aromatic N) is 2. The van der Waals surface area contributed by atoms with E-state index in [1.807, 2.05) is 6.07 Å². The smallest absolute Gasteiger partial charge is 0.337 e. The van der Waals surface area contributed by atoms with Gasteiger partial charge in [0.2, 0.25) is 0 Å². The monoisotopic (exact) mass is 433 g/mol. The zero-order valence-electron chi connectivity index (χ0n) is 17.7. The molecule has 1 aliphatic heterocycles. The van der Waals surface area contributed by atoms with Gasteiger partial charge in [-0.15, -0.1) is 0 Å². The minimum absolute atomic E-state index is 0.0130. The van der Waals surface area contributed by atoms with E-state index in [2.05, 4.69) is 46.3 Å². The molecule has 0 spiro atoms. The Hall–Kier alpha value is -3.87. The van der Waals surface area contributed by atoms with Crippen molar-refractivity contribution in [2.75, 3.05) is 41.3 Å². The molecule has 164 valence electrons. The first-order valence-corrected chi connectivity index (χ1v) is 10.4. The fourth-order valence-corrected chi connectivity index (χ4v) is 3.86. The summed E-state index contributed by atoms with van der Waals surface area (Å²) < 4.78 is 13.1. The van der Waals surface area contributed by atoms with Crippen molar-refractivity contribution >= 4 is 28.9 Å². The fraction of sp³-hybridized carbons (Fsp3) is 0.200. The number of carboxylic acids is 1. The number of aromatic carboxylic acids is 1. The summed E-state index contributed by atoms with van der Waals surface area (Å²) >= 11 is 0. The summed E-state index contributed by atoms with van der Waals surface area (Å²) in [7, 11) is 0. The number of amides is 1. The second-order valence-electron chi connectivity index (χ2n) is 7.81. The molecule has 1 heterocycles. The highest BCUT2D eigenvalue weighted by molar-refractivity contribution is 6.08. The fourth-order valence-electron chi connectivity index (χ4n) is 3.86. The predicted molar refractivity (Wildman–Crippen MR) is 123 cm³/mol. The maximum atomic E-state index is 13.1. The molecule has 0 atom stereocenters. The van der Waals surface area contributed by atoms with Crippen LogP contribution in [0.5, 0.6) is 0 Å². The van der Waals surface area contributed by atoms with E-state index in [0.29, 0.717) is 0 Å². The van der Waals surface area contributed by atoms with Gasteiger partial charge in [-0.3, -0.25) is 4.79 Å². The van der Waals surface area contributed by atoms with Crippen LogP contribution in [0.4, 0.5) is 21.5 Å². The predicted octanol–water partition coefficient (Wildman–Crippen LogP) is 4.41. The Labute approximate surface area is 185 Å². The molecule has 7 heteroatoms. The van der Waals surface area contributed by atoms with E-state index in [1.54, 1.807) is 12.1 Å². The van der Waals surface area contributed by atoms with Crippen LogP contribution in [0.15, 0.2) is 66.7 Å². The van der Waals surface area contributed by atoms with Gasteiger partial charge in [0.25, 0.3) is 5.91 Å². The number of carboxylic acid groups (broad SMARTS) is 1. The van der Waals surface area contributed by atoms with Crippen molar-refractivity contribution in [1.29, 1.82) is 0 Å². The van der Waals surface area contributed by atoms with Crippen LogP contribution >= 0.6 is 0 Å². The quantitative estimate of drug-likeness (QED) is 0.624. The topological polar surface area (TPSA) is 72.9 Å². The third kappa shape index (κ3) is 4.72.